The molecule has 1 saturated heterocycles. The molecule has 0 radical (unpaired) electrons. The second-order valence-corrected chi connectivity index (χ2v) is 5.32. The van der Waals surface area contributed by atoms with Crippen LogP contribution < -0.4 is 5.32 Å². The molecule has 0 aromatic heterocycles. The van der Waals surface area contributed by atoms with Crippen molar-refractivity contribution in [3.63, 3.8) is 0 Å². The Labute approximate surface area is 125 Å². The summed E-state index contributed by atoms with van der Waals surface area (Å²) in [6, 6.07) is 7.58. The first kappa shape index (κ1) is 15.3. The van der Waals surface area contributed by atoms with Gasteiger partial charge in [0, 0.05) is 18.2 Å². The number of benzene rings is 1. The summed E-state index contributed by atoms with van der Waals surface area (Å²) in [5, 5.41) is 3.92. The van der Waals surface area contributed by atoms with E-state index in [0.29, 0.717) is 24.7 Å². The minimum absolute atomic E-state index is 0.0745. The Balaban J connectivity index is 1.91. The maximum Gasteiger partial charge on any atom is 0.238 e. The van der Waals surface area contributed by atoms with Gasteiger partial charge in [-0.2, -0.15) is 0 Å². The predicted molar refractivity (Wildman–Crippen MR) is 79.6 cm³/mol. The first-order chi connectivity index (χ1) is 9.72. The van der Waals surface area contributed by atoms with Gasteiger partial charge in [0.2, 0.25) is 5.91 Å². The lowest BCUT2D eigenvalue weighted by Crippen LogP contribution is -2.33. The number of amides is 1. The lowest BCUT2D eigenvalue weighted by molar-refractivity contribution is -0.128. The Morgan fingerprint density at radius 1 is 1.35 bits per heavy atom. The predicted octanol–water partition coefficient (Wildman–Crippen LogP) is 2.59. The molecule has 1 unspecified atom stereocenters. The number of ether oxygens (including phenoxy) is 1. The van der Waals surface area contributed by atoms with E-state index in [4.69, 9.17) is 16.3 Å². The number of nitrogens with one attached hydrogen (secondary N) is 1. The molecule has 0 bridgehead atoms. The van der Waals surface area contributed by atoms with Gasteiger partial charge in [-0.3, -0.25) is 10.1 Å². The molecule has 1 aliphatic heterocycles. The summed E-state index contributed by atoms with van der Waals surface area (Å²) in [5.41, 5.74) is 1.05. The average Bonchev–Trinajstić information content (AvgIpc) is 2.81. The van der Waals surface area contributed by atoms with Crippen molar-refractivity contribution in [3.05, 3.63) is 34.9 Å². The van der Waals surface area contributed by atoms with E-state index in [1.165, 1.54) is 0 Å². The Bertz CT molecular complexity index is 436. The van der Waals surface area contributed by atoms with Gasteiger partial charge < -0.3 is 9.64 Å². The molecule has 1 atom stereocenters. The molecule has 1 aromatic carbocycles. The van der Waals surface area contributed by atoms with Gasteiger partial charge in [-0.15, -0.1) is 0 Å². The molecule has 20 heavy (non-hydrogen) atoms. The zero-order valence-electron chi connectivity index (χ0n) is 11.8. The third-order valence-corrected chi connectivity index (χ3v) is 3.64. The van der Waals surface area contributed by atoms with Gasteiger partial charge in [-0.05, 0) is 24.1 Å². The lowest BCUT2D eigenvalue weighted by Gasteiger charge is -2.24. The van der Waals surface area contributed by atoms with Crippen molar-refractivity contribution in [2.24, 2.45) is 0 Å². The Morgan fingerprint density at radius 2 is 2.10 bits per heavy atom. The summed E-state index contributed by atoms with van der Waals surface area (Å²) in [7, 11) is 0. The van der Waals surface area contributed by atoms with Gasteiger partial charge in [0.1, 0.15) is 6.17 Å². The van der Waals surface area contributed by atoms with E-state index in [9.17, 15) is 4.79 Å². The number of nitrogens with zero attached hydrogens (tertiary/aromatic N) is 1. The van der Waals surface area contributed by atoms with Crippen LogP contribution in [0.4, 0.5) is 0 Å². The van der Waals surface area contributed by atoms with E-state index in [0.717, 1.165) is 25.0 Å². The Hall–Kier alpha value is -1.10. The molecule has 1 heterocycles. The number of hydrogen-bond donors (Lipinski definition) is 1. The quantitative estimate of drug-likeness (QED) is 0.786. The summed E-state index contributed by atoms with van der Waals surface area (Å²) in [6.07, 6.45) is 2.11. The summed E-state index contributed by atoms with van der Waals surface area (Å²) in [5.74, 6) is 0.115. The van der Waals surface area contributed by atoms with Crippen LogP contribution in [0.1, 0.15) is 31.5 Å². The largest absolute Gasteiger partial charge is 0.380 e. The molecule has 0 saturated carbocycles. The molecular weight excluding hydrogens is 276 g/mol. The zero-order chi connectivity index (χ0) is 14.4. The number of carbonyl (C=O) groups excluding carboxylic acids is 1. The SMILES string of the molecule is CCCCOCCN1C(=O)CNC1c1ccc(Cl)cc1. The van der Waals surface area contributed by atoms with Crippen molar-refractivity contribution in [2.75, 3.05) is 26.3 Å². The van der Waals surface area contributed by atoms with Crippen LogP contribution in [-0.4, -0.2) is 37.1 Å². The van der Waals surface area contributed by atoms with E-state index in [1.807, 2.05) is 29.2 Å². The van der Waals surface area contributed by atoms with Crippen LogP contribution in [0.25, 0.3) is 0 Å². The van der Waals surface area contributed by atoms with Gasteiger partial charge in [-0.25, -0.2) is 0 Å². The Kier molecular flexibility index (Phi) is 5.83. The topological polar surface area (TPSA) is 41.6 Å². The maximum atomic E-state index is 11.9. The van der Waals surface area contributed by atoms with Gasteiger partial charge in [0.15, 0.2) is 0 Å². The fourth-order valence-corrected chi connectivity index (χ4v) is 2.37. The normalized spacial score (nSPS) is 18.8. The van der Waals surface area contributed by atoms with Gasteiger partial charge >= 0.3 is 0 Å². The van der Waals surface area contributed by atoms with Crippen molar-refractivity contribution < 1.29 is 9.53 Å². The van der Waals surface area contributed by atoms with Crippen LogP contribution >= 0.6 is 11.6 Å². The minimum atomic E-state index is -0.0745. The molecule has 5 heteroatoms. The van der Waals surface area contributed by atoms with E-state index in [1.54, 1.807) is 0 Å². The molecular formula is C15H21ClN2O2. The van der Waals surface area contributed by atoms with E-state index in [2.05, 4.69) is 12.2 Å². The van der Waals surface area contributed by atoms with Crippen molar-refractivity contribution >= 4 is 17.5 Å². The fraction of sp³-hybridized carbons (Fsp3) is 0.533. The molecule has 1 aliphatic rings. The van der Waals surface area contributed by atoms with Gasteiger partial charge in [0.25, 0.3) is 0 Å². The van der Waals surface area contributed by atoms with Gasteiger partial charge in [-0.1, -0.05) is 37.1 Å². The van der Waals surface area contributed by atoms with Crippen molar-refractivity contribution in [3.8, 4) is 0 Å². The highest BCUT2D eigenvalue weighted by Crippen LogP contribution is 2.23. The second-order valence-electron chi connectivity index (χ2n) is 4.89. The minimum Gasteiger partial charge on any atom is -0.380 e. The third-order valence-electron chi connectivity index (χ3n) is 3.38. The molecule has 1 fully saturated rings. The van der Waals surface area contributed by atoms with E-state index >= 15 is 0 Å². The smallest absolute Gasteiger partial charge is 0.238 e. The lowest BCUT2D eigenvalue weighted by atomic mass is 10.1. The van der Waals surface area contributed by atoms with E-state index in [-0.39, 0.29) is 12.1 Å². The van der Waals surface area contributed by atoms with Crippen molar-refractivity contribution in [2.45, 2.75) is 25.9 Å². The number of hydrogen-bond acceptors (Lipinski definition) is 3. The molecule has 0 aliphatic carbocycles. The van der Waals surface area contributed by atoms with Crippen LogP contribution in [0.3, 0.4) is 0 Å². The first-order valence-electron chi connectivity index (χ1n) is 7.08. The molecule has 1 amide bonds. The highest BCUT2D eigenvalue weighted by molar-refractivity contribution is 6.30. The standard InChI is InChI=1S/C15H21ClN2O2/c1-2-3-9-20-10-8-18-14(19)11-17-15(18)12-4-6-13(16)7-5-12/h4-7,15,17H,2-3,8-11H2,1H3. The molecule has 110 valence electrons. The Morgan fingerprint density at radius 3 is 2.80 bits per heavy atom. The second kappa shape index (κ2) is 7.62. The van der Waals surface area contributed by atoms with Crippen LogP contribution in [0, 0.1) is 0 Å². The summed E-state index contributed by atoms with van der Waals surface area (Å²) in [4.78, 5) is 13.8. The number of halogens is 1. The first-order valence-corrected chi connectivity index (χ1v) is 7.46. The zero-order valence-corrected chi connectivity index (χ0v) is 12.5. The molecule has 4 nitrogen and oxygen atoms in total. The van der Waals surface area contributed by atoms with Gasteiger partial charge in [0.05, 0.1) is 13.2 Å². The van der Waals surface area contributed by atoms with Crippen molar-refractivity contribution in [1.29, 1.82) is 0 Å². The number of carbonyl (C=O) groups is 1. The number of rotatable bonds is 7. The van der Waals surface area contributed by atoms with Crippen LogP contribution in [0.15, 0.2) is 24.3 Å². The molecule has 2 rings (SSSR count). The monoisotopic (exact) mass is 296 g/mol. The van der Waals surface area contributed by atoms with Crippen LogP contribution in [0.2, 0.25) is 5.02 Å². The number of unbranched alkanes of at least 4 members (excludes halogenated alkanes) is 1. The van der Waals surface area contributed by atoms with Crippen molar-refractivity contribution in [1.82, 2.24) is 10.2 Å². The summed E-state index contributed by atoms with van der Waals surface area (Å²) in [6.45, 7) is 4.47. The molecule has 1 N–H and O–H groups in total. The average molecular weight is 297 g/mol. The summed E-state index contributed by atoms with van der Waals surface area (Å²) >= 11 is 5.89. The summed E-state index contributed by atoms with van der Waals surface area (Å²) < 4.78 is 5.54. The van der Waals surface area contributed by atoms with Crippen LogP contribution in [-0.2, 0) is 9.53 Å². The highest BCUT2D eigenvalue weighted by atomic mass is 35.5. The van der Waals surface area contributed by atoms with E-state index < -0.39 is 0 Å². The fourth-order valence-electron chi connectivity index (χ4n) is 2.25. The highest BCUT2D eigenvalue weighted by Gasteiger charge is 2.30. The van der Waals surface area contributed by atoms with Crippen LogP contribution in [0.5, 0.6) is 0 Å². The molecule has 0 spiro atoms. The maximum absolute atomic E-state index is 11.9. The third kappa shape index (κ3) is 3.95. The molecule has 1 aromatic rings.